The highest BCUT2D eigenvalue weighted by Crippen LogP contribution is 2.19. The summed E-state index contributed by atoms with van der Waals surface area (Å²) in [4.78, 5) is 0. The fourth-order valence-corrected chi connectivity index (χ4v) is 1.09. The normalized spacial score (nSPS) is 13.6. The molecule has 4 nitrogen and oxygen atoms in total. The van der Waals surface area contributed by atoms with E-state index in [1.54, 1.807) is 19.1 Å². The SMILES string of the molecule is CCOc1cccc(OCC(C)(N)C#N)c1. The first-order valence-electron chi connectivity index (χ1n) is 5.13. The first-order chi connectivity index (χ1) is 7.57. The van der Waals surface area contributed by atoms with E-state index in [4.69, 9.17) is 20.5 Å². The molecule has 0 aliphatic rings. The van der Waals surface area contributed by atoms with Gasteiger partial charge in [0.05, 0.1) is 12.7 Å². The van der Waals surface area contributed by atoms with Gasteiger partial charge in [-0.2, -0.15) is 5.26 Å². The maximum absolute atomic E-state index is 8.73. The van der Waals surface area contributed by atoms with Gasteiger partial charge in [-0.3, -0.25) is 0 Å². The average molecular weight is 220 g/mol. The molecule has 0 fully saturated rings. The number of hydrogen-bond acceptors (Lipinski definition) is 4. The summed E-state index contributed by atoms with van der Waals surface area (Å²) in [5.41, 5.74) is 4.67. The van der Waals surface area contributed by atoms with Gasteiger partial charge in [0.1, 0.15) is 23.6 Å². The molecule has 0 saturated heterocycles. The van der Waals surface area contributed by atoms with Crippen LogP contribution in [0.15, 0.2) is 24.3 Å². The molecule has 86 valence electrons. The lowest BCUT2D eigenvalue weighted by atomic mass is 10.1. The Balaban J connectivity index is 2.61. The zero-order chi connectivity index (χ0) is 12.0. The Bertz CT molecular complexity index is 383. The van der Waals surface area contributed by atoms with Crippen LogP contribution in [0, 0.1) is 11.3 Å². The summed E-state index contributed by atoms with van der Waals surface area (Å²) in [5, 5.41) is 8.73. The van der Waals surface area contributed by atoms with Crippen LogP contribution in [0.1, 0.15) is 13.8 Å². The highest BCUT2D eigenvalue weighted by molar-refractivity contribution is 5.33. The van der Waals surface area contributed by atoms with Crippen molar-refractivity contribution in [3.05, 3.63) is 24.3 Å². The van der Waals surface area contributed by atoms with Gasteiger partial charge in [0.15, 0.2) is 0 Å². The Kier molecular flexibility index (Phi) is 4.15. The molecule has 2 N–H and O–H groups in total. The van der Waals surface area contributed by atoms with E-state index in [9.17, 15) is 0 Å². The van der Waals surface area contributed by atoms with Crippen molar-refractivity contribution in [1.82, 2.24) is 0 Å². The summed E-state index contributed by atoms with van der Waals surface area (Å²) in [6.07, 6.45) is 0. The molecule has 1 atom stereocenters. The van der Waals surface area contributed by atoms with E-state index in [-0.39, 0.29) is 6.61 Å². The summed E-state index contributed by atoms with van der Waals surface area (Å²) in [6, 6.07) is 9.23. The average Bonchev–Trinajstić information content (AvgIpc) is 2.28. The van der Waals surface area contributed by atoms with E-state index in [0.717, 1.165) is 5.75 Å². The second-order valence-electron chi connectivity index (χ2n) is 3.73. The summed E-state index contributed by atoms with van der Waals surface area (Å²) >= 11 is 0. The third-order valence-corrected chi connectivity index (χ3v) is 1.91. The second kappa shape index (κ2) is 5.38. The minimum atomic E-state index is -0.971. The zero-order valence-corrected chi connectivity index (χ0v) is 9.56. The molecule has 1 aromatic rings. The molecule has 0 heterocycles. The highest BCUT2D eigenvalue weighted by Gasteiger charge is 2.18. The van der Waals surface area contributed by atoms with E-state index in [1.165, 1.54) is 0 Å². The van der Waals surface area contributed by atoms with Gasteiger partial charge in [-0.1, -0.05) is 6.07 Å². The Hall–Kier alpha value is -1.73. The van der Waals surface area contributed by atoms with Gasteiger partial charge in [0, 0.05) is 6.07 Å². The van der Waals surface area contributed by atoms with Crippen LogP contribution in [0.2, 0.25) is 0 Å². The predicted molar refractivity (Wildman–Crippen MR) is 61.3 cm³/mol. The van der Waals surface area contributed by atoms with E-state index in [0.29, 0.717) is 12.4 Å². The molecule has 1 unspecified atom stereocenters. The summed E-state index contributed by atoms with van der Waals surface area (Å²) in [7, 11) is 0. The van der Waals surface area contributed by atoms with Gasteiger partial charge < -0.3 is 15.2 Å². The first-order valence-corrected chi connectivity index (χ1v) is 5.13. The van der Waals surface area contributed by atoms with Crippen LogP contribution < -0.4 is 15.2 Å². The Labute approximate surface area is 95.6 Å². The number of hydrogen-bond donors (Lipinski definition) is 1. The number of nitrogens with two attached hydrogens (primary N) is 1. The lowest BCUT2D eigenvalue weighted by Gasteiger charge is -2.16. The minimum absolute atomic E-state index is 0.152. The molecule has 4 heteroatoms. The van der Waals surface area contributed by atoms with E-state index in [1.807, 2.05) is 25.1 Å². The van der Waals surface area contributed by atoms with Crippen molar-refractivity contribution >= 4 is 0 Å². The second-order valence-corrected chi connectivity index (χ2v) is 3.73. The predicted octanol–water partition coefficient (Wildman–Crippen LogP) is 1.71. The van der Waals surface area contributed by atoms with Crippen LogP contribution in [0.25, 0.3) is 0 Å². The lowest BCUT2D eigenvalue weighted by molar-refractivity contribution is 0.262. The Morgan fingerprint density at radius 1 is 1.38 bits per heavy atom. The van der Waals surface area contributed by atoms with Gasteiger partial charge in [0.2, 0.25) is 0 Å². The van der Waals surface area contributed by atoms with E-state index >= 15 is 0 Å². The van der Waals surface area contributed by atoms with Gasteiger partial charge in [-0.25, -0.2) is 0 Å². The van der Waals surface area contributed by atoms with Crippen LogP contribution in [0.5, 0.6) is 11.5 Å². The van der Waals surface area contributed by atoms with Gasteiger partial charge >= 0.3 is 0 Å². The molecule has 0 amide bonds. The quantitative estimate of drug-likeness (QED) is 0.820. The molecule has 0 aromatic heterocycles. The molecule has 0 saturated carbocycles. The molecular formula is C12H16N2O2. The van der Waals surface area contributed by atoms with Crippen molar-refractivity contribution in [1.29, 1.82) is 5.26 Å². The van der Waals surface area contributed by atoms with Crippen molar-refractivity contribution in [2.24, 2.45) is 5.73 Å². The van der Waals surface area contributed by atoms with Crippen LogP contribution in [0.3, 0.4) is 0 Å². The molecule has 0 spiro atoms. The van der Waals surface area contributed by atoms with Gasteiger partial charge in [-0.05, 0) is 26.0 Å². The monoisotopic (exact) mass is 220 g/mol. The fourth-order valence-electron chi connectivity index (χ4n) is 1.09. The maximum Gasteiger partial charge on any atom is 0.135 e. The number of ether oxygens (including phenoxy) is 2. The lowest BCUT2D eigenvalue weighted by Crippen LogP contribution is -2.40. The zero-order valence-electron chi connectivity index (χ0n) is 9.56. The third kappa shape index (κ3) is 3.79. The molecule has 0 aliphatic carbocycles. The van der Waals surface area contributed by atoms with Crippen LogP contribution >= 0.6 is 0 Å². The number of nitriles is 1. The number of nitrogens with zero attached hydrogens (tertiary/aromatic N) is 1. The smallest absolute Gasteiger partial charge is 0.135 e. The van der Waals surface area contributed by atoms with Crippen LogP contribution in [0.4, 0.5) is 0 Å². The van der Waals surface area contributed by atoms with Crippen molar-refractivity contribution in [2.75, 3.05) is 13.2 Å². The minimum Gasteiger partial charge on any atom is -0.494 e. The molecule has 0 bridgehead atoms. The first kappa shape index (κ1) is 12.3. The molecule has 1 aromatic carbocycles. The molecule has 0 radical (unpaired) electrons. The van der Waals surface area contributed by atoms with Crippen molar-refractivity contribution in [2.45, 2.75) is 19.4 Å². The Morgan fingerprint density at radius 2 is 2.00 bits per heavy atom. The maximum atomic E-state index is 8.73. The molecule has 0 aliphatic heterocycles. The highest BCUT2D eigenvalue weighted by atomic mass is 16.5. The summed E-state index contributed by atoms with van der Waals surface area (Å²) in [6.45, 7) is 4.30. The van der Waals surface area contributed by atoms with Crippen molar-refractivity contribution in [3.63, 3.8) is 0 Å². The van der Waals surface area contributed by atoms with Gasteiger partial charge in [-0.15, -0.1) is 0 Å². The molecule has 16 heavy (non-hydrogen) atoms. The van der Waals surface area contributed by atoms with Gasteiger partial charge in [0.25, 0.3) is 0 Å². The van der Waals surface area contributed by atoms with E-state index < -0.39 is 5.54 Å². The standard InChI is InChI=1S/C12H16N2O2/c1-3-15-10-5-4-6-11(7-10)16-9-12(2,14)8-13/h4-7H,3,9,14H2,1-2H3. The third-order valence-electron chi connectivity index (χ3n) is 1.91. The fraction of sp³-hybridized carbons (Fsp3) is 0.417. The largest absolute Gasteiger partial charge is 0.494 e. The summed E-state index contributed by atoms with van der Waals surface area (Å²) in [5.74, 6) is 1.40. The molecule has 1 rings (SSSR count). The van der Waals surface area contributed by atoms with Crippen LogP contribution in [-0.2, 0) is 0 Å². The number of benzene rings is 1. The van der Waals surface area contributed by atoms with Crippen molar-refractivity contribution in [3.8, 4) is 17.6 Å². The van der Waals surface area contributed by atoms with Crippen LogP contribution in [-0.4, -0.2) is 18.8 Å². The summed E-state index contributed by atoms with van der Waals surface area (Å²) < 4.78 is 10.7. The van der Waals surface area contributed by atoms with E-state index in [2.05, 4.69) is 0 Å². The topological polar surface area (TPSA) is 68.3 Å². The Morgan fingerprint density at radius 3 is 2.56 bits per heavy atom. The van der Waals surface area contributed by atoms with Crippen molar-refractivity contribution < 1.29 is 9.47 Å². The molecular weight excluding hydrogens is 204 g/mol. The number of rotatable bonds is 5.